The van der Waals surface area contributed by atoms with Gasteiger partial charge in [-0.2, -0.15) is 0 Å². The van der Waals surface area contributed by atoms with Gasteiger partial charge in [0.05, 0.1) is 18.8 Å². The van der Waals surface area contributed by atoms with Crippen LogP contribution in [0.2, 0.25) is 0 Å². The zero-order valence-corrected chi connectivity index (χ0v) is 12.0. The Morgan fingerprint density at radius 1 is 1.10 bits per heavy atom. The van der Waals surface area contributed by atoms with E-state index < -0.39 is 0 Å². The predicted molar refractivity (Wildman–Crippen MR) is 83.8 cm³/mol. The van der Waals surface area contributed by atoms with Crippen molar-refractivity contribution < 1.29 is 14.6 Å². The number of rotatable bonds is 5. The molecule has 0 aliphatic rings. The van der Waals surface area contributed by atoms with Gasteiger partial charge in [-0.15, -0.1) is 0 Å². The van der Waals surface area contributed by atoms with Crippen LogP contribution < -0.4 is 0 Å². The minimum Gasteiger partial charge on any atom is -0.462 e. The molecular weight excluding hydrogens is 264 g/mol. The van der Waals surface area contributed by atoms with E-state index in [0.29, 0.717) is 12.2 Å². The Balaban J connectivity index is 2.33. The third-order valence-corrected chi connectivity index (χ3v) is 3.06. The van der Waals surface area contributed by atoms with Crippen molar-refractivity contribution in [1.29, 1.82) is 0 Å². The van der Waals surface area contributed by atoms with Crippen molar-refractivity contribution in [2.45, 2.75) is 6.92 Å². The average Bonchev–Trinajstić information content (AvgIpc) is 2.54. The molecule has 0 bridgehead atoms. The molecule has 0 unspecified atom stereocenters. The van der Waals surface area contributed by atoms with Crippen LogP contribution in [0, 0.1) is 0 Å². The SMILES string of the molecule is CCOC(=O)c1cccc(C(=Cc2ccccc2)CO)c1. The van der Waals surface area contributed by atoms with Crippen molar-refractivity contribution >= 4 is 17.6 Å². The Morgan fingerprint density at radius 2 is 1.81 bits per heavy atom. The minimum atomic E-state index is -0.351. The fourth-order valence-electron chi connectivity index (χ4n) is 2.03. The van der Waals surface area contributed by atoms with Crippen LogP contribution in [-0.4, -0.2) is 24.3 Å². The smallest absolute Gasteiger partial charge is 0.338 e. The van der Waals surface area contributed by atoms with Gasteiger partial charge in [-0.05, 0) is 41.8 Å². The zero-order chi connectivity index (χ0) is 15.1. The van der Waals surface area contributed by atoms with Crippen LogP contribution in [0.1, 0.15) is 28.4 Å². The van der Waals surface area contributed by atoms with Crippen LogP contribution in [0.4, 0.5) is 0 Å². The van der Waals surface area contributed by atoms with Crippen LogP contribution >= 0.6 is 0 Å². The monoisotopic (exact) mass is 282 g/mol. The molecular formula is C18H18O3. The molecule has 0 aliphatic heterocycles. The van der Waals surface area contributed by atoms with E-state index in [2.05, 4.69) is 0 Å². The molecule has 0 saturated heterocycles. The number of hydrogen-bond acceptors (Lipinski definition) is 3. The van der Waals surface area contributed by atoms with Gasteiger partial charge in [0.25, 0.3) is 0 Å². The van der Waals surface area contributed by atoms with E-state index in [-0.39, 0.29) is 12.6 Å². The third kappa shape index (κ3) is 4.04. The van der Waals surface area contributed by atoms with Crippen molar-refractivity contribution in [3.8, 4) is 0 Å². The van der Waals surface area contributed by atoms with Gasteiger partial charge in [0, 0.05) is 0 Å². The highest BCUT2D eigenvalue weighted by molar-refractivity contribution is 5.91. The molecule has 0 atom stereocenters. The van der Waals surface area contributed by atoms with Crippen molar-refractivity contribution in [2.24, 2.45) is 0 Å². The first-order valence-electron chi connectivity index (χ1n) is 6.88. The summed E-state index contributed by atoms with van der Waals surface area (Å²) in [5, 5.41) is 9.59. The van der Waals surface area contributed by atoms with Crippen molar-refractivity contribution in [3.05, 3.63) is 71.3 Å². The molecule has 21 heavy (non-hydrogen) atoms. The maximum atomic E-state index is 11.8. The van der Waals surface area contributed by atoms with Crippen LogP contribution in [-0.2, 0) is 4.74 Å². The summed E-state index contributed by atoms with van der Waals surface area (Å²) >= 11 is 0. The summed E-state index contributed by atoms with van der Waals surface area (Å²) in [4.78, 5) is 11.8. The Kier molecular flexibility index (Phi) is 5.29. The molecule has 0 heterocycles. The second kappa shape index (κ2) is 7.41. The molecule has 1 N–H and O–H groups in total. The number of esters is 1. The van der Waals surface area contributed by atoms with E-state index in [1.165, 1.54) is 0 Å². The molecule has 108 valence electrons. The van der Waals surface area contributed by atoms with Crippen LogP contribution in [0.5, 0.6) is 0 Å². The molecule has 2 rings (SSSR count). The Labute approximate surface area is 124 Å². The fourth-order valence-corrected chi connectivity index (χ4v) is 2.03. The van der Waals surface area contributed by atoms with Gasteiger partial charge >= 0.3 is 5.97 Å². The molecule has 0 aromatic heterocycles. The van der Waals surface area contributed by atoms with Gasteiger partial charge in [-0.25, -0.2) is 4.79 Å². The summed E-state index contributed by atoms with van der Waals surface area (Å²) in [6, 6.07) is 16.9. The van der Waals surface area contributed by atoms with E-state index in [0.717, 1.165) is 16.7 Å². The quantitative estimate of drug-likeness (QED) is 0.675. The van der Waals surface area contributed by atoms with Gasteiger partial charge in [0.15, 0.2) is 0 Å². The van der Waals surface area contributed by atoms with Crippen molar-refractivity contribution in [3.63, 3.8) is 0 Å². The molecule has 0 spiro atoms. The first-order chi connectivity index (χ1) is 10.2. The summed E-state index contributed by atoms with van der Waals surface area (Å²) in [5.74, 6) is -0.351. The lowest BCUT2D eigenvalue weighted by Crippen LogP contribution is -2.05. The van der Waals surface area contributed by atoms with E-state index in [9.17, 15) is 9.90 Å². The van der Waals surface area contributed by atoms with Gasteiger partial charge in [0.1, 0.15) is 0 Å². The molecule has 0 amide bonds. The van der Waals surface area contributed by atoms with E-state index >= 15 is 0 Å². The molecule has 0 radical (unpaired) electrons. The summed E-state index contributed by atoms with van der Waals surface area (Å²) in [5.41, 5.74) is 3.06. The van der Waals surface area contributed by atoms with Gasteiger partial charge < -0.3 is 9.84 Å². The largest absolute Gasteiger partial charge is 0.462 e. The fraction of sp³-hybridized carbons (Fsp3) is 0.167. The second-order valence-corrected chi connectivity index (χ2v) is 4.54. The lowest BCUT2D eigenvalue weighted by molar-refractivity contribution is 0.0526. The molecule has 0 saturated carbocycles. The van der Waals surface area contributed by atoms with E-state index in [1.807, 2.05) is 42.5 Å². The highest BCUT2D eigenvalue weighted by Gasteiger charge is 2.08. The first-order valence-corrected chi connectivity index (χ1v) is 6.88. The maximum Gasteiger partial charge on any atom is 0.338 e. The molecule has 2 aromatic rings. The highest BCUT2D eigenvalue weighted by Crippen LogP contribution is 2.19. The number of carbonyl (C=O) groups is 1. The highest BCUT2D eigenvalue weighted by atomic mass is 16.5. The Hall–Kier alpha value is -2.39. The van der Waals surface area contributed by atoms with Gasteiger partial charge in [-0.1, -0.05) is 42.5 Å². The summed E-state index contributed by atoms with van der Waals surface area (Å²) in [6.45, 7) is 2.02. The number of hydrogen-bond donors (Lipinski definition) is 1. The number of benzene rings is 2. The third-order valence-electron chi connectivity index (χ3n) is 3.06. The molecule has 0 aliphatic carbocycles. The van der Waals surface area contributed by atoms with Crippen LogP contribution in [0.25, 0.3) is 11.6 Å². The van der Waals surface area contributed by atoms with Crippen molar-refractivity contribution in [2.75, 3.05) is 13.2 Å². The van der Waals surface area contributed by atoms with E-state index in [4.69, 9.17) is 4.74 Å². The normalized spacial score (nSPS) is 11.2. The van der Waals surface area contributed by atoms with Crippen LogP contribution in [0.3, 0.4) is 0 Å². The topological polar surface area (TPSA) is 46.5 Å². The average molecular weight is 282 g/mol. The molecule has 3 nitrogen and oxygen atoms in total. The summed E-state index contributed by atoms with van der Waals surface area (Å²) < 4.78 is 4.99. The number of aliphatic hydroxyl groups is 1. The van der Waals surface area contributed by atoms with Crippen LogP contribution in [0.15, 0.2) is 54.6 Å². The van der Waals surface area contributed by atoms with Gasteiger partial charge in [0.2, 0.25) is 0 Å². The number of carbonyl (C=O) groups excluding carboxylic acids is 1. The van der Waals surface area contributed by atoms with Gasteiger partial charge in [-0.3, -0.25) is 0 Å². The summed E-state index contributed by atoms with van der Waals surface area (Å²) in [6.07, 6.45) is 1.91. The Bertz CT molecular complexity index is 630. The number of ether oxygens (including phenoxy) is 1. The van der Waals surface area contributed by atoms with Crippen molar-refractivity contribution in [1.82, 2.24) is 0 Å². The lowest BCUT2D eigenvalue weighted by Gasteiger charge is -2.07. The molecule has 0 fully saturated rings. The summed E-state index contributed by atoms with van der Waals surface area (Å²) in [7, 11) is 0. The number of aliphatic hydroxyl groups excluding tert-OH is 1. The molecule has 3 heteroatoms. The second-order valence-electron chi connectivity index (χ2n) is 4.54. The minimum absolute atomic E-state index is 0.0961. The first kappa shape index (κ1) is 15.0. The van der Waals surface area contributed by atoms with E-state index in [1.54, 1.807) is 25.1 Å². The molecule has 2 aromatic carbocycles. The predicted octanol–water partition coefficient (Wildman–Crippen LogP) is 3.40. The maximum absolute atomic E-state index is 11.8. The zero-order valence-electron chi connectivity index (χ0n) is 12.0. The Morgan fingerprint density at radius 3 is 2.48 bits per heavy atom. The standard InChI is InChI=1S/C18H18O3/c1-2-21-18(20)16-10-6-9-15(12-16)17(13-19)11-14-7-4-3-5-8-14/h3-12,19H,2,13H2,1H3. The lowest BCUT2D eigenvalue weighted by atomic mass is 10.0.